The summed E-state index contributed by atoms with van der Waals surface area (Å²) in [5.41, 5.74) is 0. The number of carboxylic acid groups (broad SMARTS) is 1. The Morgan fingerprint density at radius 1 is 1.71 bits per heavy atom. The van der Waals surface area contributed by atoms with Gasteiger partial charge >= 0.3 is 5.97 Å². The van der Waals surface area contributed by atoms with E-state index >= 15 is 0 Å². The molecule has 0 saturated heterocycles. The molecule has 0 aliphatic carbocycles. The zero-order chi connectivity index (χ0) is 4.28. The summed E-state index contributed by atoms with van der Waals surface area (Å²) in [5.74, 6) is -0.965. The van der Waals surface area contributed by atoms with E-state index in [1.54, 1.807) is 0 Å². The molecule has 41 valence electrons. The molecule has 0 fully saturated rings. The number of carbonyl (C=O) groups is 1. The van der Waals surface area contributed by atoms with Gasteiger partial charge in [0.15, 0.2) is 0 Å². The molecule has 0 aliphatic rings. The van der Waals surface area contributed by atoms with Crippen LogP contribution in [0.4, 0.5) is 0 Å². The second-order valence-corrected chi connectivity index (χ2v) is 0.868. The van der Waals surface area contributed by atoms with Crippen LogP contribution in [0.2, 0.25) is 0 Å². The van der Waals surface area contributed by atoms with Gasteiger partial charge in [0.05, 0.1) is 5.75 Å². The molecule has 1 radical (unpaired) electrons. The quantitative estimate of drug-likeness (QED) is 0.466. The summed E-state index contributed by atoms with van der Waals surface area (Å²) in [5, 5.41) is 7.65. The summed E-state index contributed by atoms with van der Waals surface area (Å²) in [7, 11) is 0. The van der Waals surface area contributed by atoms with Gasteiger partial charge in [-0.05, 0) is 0 Å². The Kier molecular flexibility index (Phi) is 23.1. The summed E-state index contributed by atoms with van der Waals surface area (Å²) in [6.07, 6.45) is 0. The van der Waals surface area contributed by atoms with Gasteiger partial charge in [0.1, 0.15) is 0 Å². The molecule has 0 aromatic rings. The zero-order valence-corrected chi connectivity index (χ0v) is 8.16. The van der Waals surface area contributed by atoms with Gasteiger partial charge < -0.3 is 18.6 Å². The number of rotatable bonds is 1. The molecule has 0 bridgehead atoms. The van der Waals surface area contributed by atoms with Crippen molar-refractivity contribution in [2.24, 2.45) is 0 Å². The molecule has 0 rings (SSSR count). The summed E-state index contributed by atoms with van der Waals surface area (Å²) in [6.45, 7) is 0. The minimum absolute atomic E-state index is 0. The van der Waals surface area contributed by atoms with Crippen LogP contribution in [0.3, 0.4) is 0 Å². The van der Waals surface area contributed by atoms with E-state index in [9.17, 15) is 4.79 Å². The molecule has 0 aromatic heterocycles. The molecule has 0 atom stereocenters. The molecule has 2 nitrogen and oxygen atoms in total. The second kappa shape index (κ2) is 10.3. The molecule has 0 amide bonds. The molecule has 0 aliphatic heterocycles. The molecular formula is C2H5O2S2Y-. The van der Waals surface area contributed by atoms with Crippen molar-refractivity contribution in [3.63, 3.8) is 0 Å². The number of thiol groups is 2. The van der Waals surface area contributed by atoms with Crippen LogP contribution in [-0.4, -0.2) is 16.8 Å². The monoisotopic (exact) mass is 214 g/mol. The van der Waals surface area contributed by atoms with Crippen LogP contribution >= 0.6 is 12.6 Å². The van der Waals surface area contributed by atoms with Crippen LogP contribution in [0.15, 0.2) is 0 Å². The molecule has 5 heteroatoms. The summed E-state index contributed by atoms with van der Waals surface area (Å²) in [6, 6.07) is 0. The van der Waals surface area contributed by atoms with Crippen molar-refractivity contribution < 1.29 is 42.6 Å². The number of hydrogen-bond acceptors (Lipinski definition) is 3. The summed E-state index contributed by atoms with van der Waals surface area (Å²) < 4.78 is 0. The Labute approximate surface area is 79.8 Å². The van der Waals surface area contributed by atoms with E-state index in [1.165, 1.54) is 0 Å². The van der Waals surface area contributed by atoms with Crippen LogP contribution in [0.5, 0.6) is 0 Å². The fourth-order valence-electron chi connectivity index (χ4n) is 0. The van der Waals surface area contributed by atoms with Crippen molar-refractivity contribution in [2.45, 2.75) is 0 Å². The molecule has 1 N–H and O–H groups in total. The first-order valence-corrected chi connectivity index (χ1v) is 1.73. The molecule has 0 unspecified atom stereocenters. The zero-order valence-electron chi connectivity index (χ0n) is 3.53. The minimum atomic E-state index is -0.881. The fraction of sp³-hybridized carbons (Fsp3) is 0.500. The summed E-state index contributed by atoms with van der Waals surface area (Å²) in [4.78, 5) is 9.29. The first-order chi connectivity index (χ1) is 2.27. The first-order valence-electron chi connectivity index (χ1n) is 1.10. The van der Waals surface area contributed by atoms with Crippen LogP contribution < -0.4 is 0 Å². The Balaban J connectivity index is -0.0000000800. The Morgan fingerprint density at radius 2 is 1.86 bits per heavy atom. The maximum Gasteiger partial charge on any atom is 0.313 e. The van der Waals surface area contributed by atoms with E-state index in [0.717, 1.165) is 0 Å². The molecule has 0 saturated carbocycles. The second-order valence-electron chi connectivity index (χ2n) is 0.552. The number of hydrogen-bond donors (Lipinski definition) is 2. The van der Waals surface area contributed by atoms with Crippen molar-refractivity contribution in [3.8, 4) is 0 Å². The van der Waals surface area contributed by atoms with Gasteiger partial charge in [0.25, 0.3) is 0 Å². The van der Waals surface area contributed by atoms with Crippen molar-refractivity contribution in [3.05, 3.63) is 0 Å². The Morgan fingerprint density at radius 3 is 1.86 bits per heavy atom. The first kappa shape index (κ1) is 15.7. The van der Waals surface area contributed by atoms with E-state index in [2.05, 4.69) is 12.6 Å². The third-order valence-electron chi connectivity index (χ3n) is 0.135. The van der Waals surface area contributed by atoms with E-state index in [-0.39, 0.29) is 52.0 Å². The van der Waals surface area contributed by atoms with Gasteiger partial charge in [-0.2, -0.15) is 12.6 Å². The van der Waals surface area contributed by atoms with Crippen molar-refractivity contribution in [1.82, 2.24) is 0 Å². The number of carboxylic acids is 1. The Bertz CT molecular complexity index is 49.0. The Hall–Kier alpha value is 1.27. The van der Waals surface area contributed by atoms with E-state index < -0.39 is 5.97 Å². The normalized spacial score (nSPS) is 5.29. The van der Waals surface area contributed by atoms with Crippen LogP contribution in [0.25, 0.3) is 0 Å². The van der Waals surface area contributed by atoms with Gasteiger partial charge in [-0.15, -0.1) is 0 Å². The van der Waals surface area contributed by atoms with Gasteiger partial charge in [-0.3, -0.25) is 4.79 Å². The van der Waals surface area contributed by atoms with Crippen molar-refractivity contribution in [2.75, 3.05) is 5.75 Å². The smallest absolute Gasteiger partial charge is 0.313 e. The largest absolute Gasteiger partial charge is 0.813 e. The fourth-order valence-corrected chi connectivity index (χ4v) is 0. The van der Waals surface area contributed by atoms with Crippen molar-refractivity contribution in [1.29, 1.82) is 0 Å². The average Bonchev–Trinajstić information content (AvgIpc) is 1.38. The molecule has 0 spiro atoms. The maximum atomic E-state index is 9.29. The minimum Gasteiger partial charge on any atom is -0.813 e. The SMILES string of the molecule is O=C(O)CS.[SH-].[Y]. The topological polar surface area (TPSA) is 37.3 Å². The van der Waals surface area contributed by atoms with Crippen LogP contribution in [0, 0.1) is 0 Å². The van der Waals surface area contributed by atoms with E-state index in [1.807, 2.05) is 0 Å². The molecule has 0 aromatic carbocycles. The third-order valence-corrected chi connectivity index (χ3v) is 0.406. The van der Waals surface area contributed by atoms with E-state index in [0.29, 0.717) is 0 Å². The molecular weight excluding hydrogens is 209 g/mol. The summed E-state index contributed by atoms with van der Waals surface area (Å²) >= 11 is 3.42. The van der Waals surface area contributed by atoms with Gasteiger partial charge in [-0.1, -0.05) is 0 Å². The molecule has 7 heavy (non-hydrogen) atoms. The van der Waals surface area contributed by atoms with Crippen LogP contribution in [0.1, 0.15) is 0 Å². The molecule has 0 heterocycles. The third kappa shape index (κ3) is 18.9. The number of aliphatic carboxylic acids is 1. The average molecular weight is 214 g/mol. The van der Waals surface area contributed by atoms with Crippen molar-refractivity contribution >= 4 is 32.1 Å². The van der Waals surface area contributed by atoms with Crippen LogP contribution in [-0.2, 0) is 51.0 Å². The van der Waals surface area contributed by atoms with E-state index in [4.69, 9.17) is 5.11 Å². The predicted molar refractivity (Wildman–Crippen MR) is 30.2 cm³/mol. The van der Waals surface area contributed by atoms with Gasteiger partial charge in [0.2, 0.25) is 0 Å². The maximum absolute atomic E-state index is 9.29. The predicted octanol–water partition coefficient (Wildman–Crippen LogP) is -0.272. The standard InChI is InChI=1S/C2H4O2S.H2S.Y/c3-2(4)1-5;;/h5H,1H2,(H,3,4);1H2;/p-1. The van der Waals surface area contributed by atoms with Gasteiger partial charge in [0, 0.05) is 32.7 Å². The van der Waals surface area contributed by atoms with Gasteiger partial charge in [-0.25, -0.2) is 0 Å².